The highest BCUT2D eigenvalue weighted by molar-refractivity contribution is 7.89. The SMILES string of the molecule is CCOc1ccc(S(=O)(=O)N2CCOCC2)cc1NC(=O)c1ccccc1COc1ccccc1. The molecule has 3 aromatic carbocycles. The van der Waals surface area contributed by atoms with Gasteiger partial charge in [0.25, 0.3) is 5.91 Å². The molecule has 8 nitrogen and oxygen atoms in total. The van der Waals surface area contributed by atoms with E-state index in [1.807, 2.05) is 49.4 Å². The fourth-order valence-electron chi connectivity index (χ4n) is 3.72. The van der Waals surface area contributed by atoms with Gasteiger partial charge in [-0.15, -0.1) is 0 Å². The minimum atomic E-state index is -3.74. The Bertz CT molecular complexity index is 1260. The third kappa shape index (κ3) is 6.00. The number of sulfonamides is 1. The molecule has 1 aliphatic rings. The number of hydrogen-bond acceptors (Lipinski definition) is 6. The van der Waals surface area contributed by atoms with Gasteiger partial charge >= 0.3 is 0 Å². The molecular weight excluding hydrogens is 468 g/mol. The summed E-state index contributed by atoms with van der Waals surface area (Å²) in [5.41, 5.74) is 1.40. The van der Waals surface area contributed by atoms with Crippen molar-refractivity contribution < 1.29 is 27.4 Å². The maximum atomic E-state index is 13.3. The van der Waals surface area contributed by atoms with Gasteiger partial charge in [-0.25, -0.2) is 8.42 Å². The first kappa shape index (κ1) is 24.7. The van der Waals surface area contributed by atoms with Crippen LogP contribution in [0.3, 0.4) is 0 Å². The number of hydrogen-bond donors (Lipinski definition) is 1. The van der Waals surface area contributed by atoms with Crippen LogP contribution < -0.4 is 14.8 Å². The van der Waals surface area contributed by atoms with Crippen LogP contribution in [-0.4, -0.2) is 51.5 Å². The zero-order valence-corrected chi connectivity index (χ0v) is 20.3. The lowest BCUT2D eigenvalue weighted by Crippen LogP contribution is -2.40. The van der Waals surface area contributed by atoms with E-state index in [0.29, 0.717) is 42.4 Å². The van der Waals surface area contributed by atoms with Crippen LogP contribution in [0.15, 0.2) is 77.7 Å². The van der Waals surface area contributed by atoms with Gasteiger partial charge in [0.1, 0.15) is 18.1 Å². The number of carbonyl (C=O) groups excluding carboxylic acids is 1. The van der Waals surface area contributed by atoms with Gasteiger partial charge in [-0.3, -0.25) is 4.79 Å². The number of rotatable bonds is 9. The lowest BCUT2D eigenvalue weighted by atomic mass is 10.1. The molecule has 1 N–H and O–H groups in total. The average molecular weight is 497 g/mol. The third-order valence-electron chi connectivity index (χ3n) is 5.51. The molecule has 0 spiro atoms. The first-order valence-electron chi connectivity index (χ1n) is 11.4. The van der Waals surface area contributed by atoms with Crippen molar-refractivity contribution in [3.05, 3.63) is 83.9 Å². The molecule has 9 heteroatoms. The maximum absolute atomic E-state index is 13.3. The molecule has 0 bridgehead atoms. The van der Waals surface area contributed by atoms with Gasteiger partial charge in [0.2, 0.25) is 10.0 Å². The molecular formula is C26H28N2O6S. The Labute approximate surface area is 205 Å². The highest BCUT2D eigenvalue weighted by Gasteiger charge is 2.27. The van der Waals surface area contributed by atoms with Crippen LogP contribution in [-0.2, 0) is 21.4 Å². The maximum Gasteiger partial charge on any atom is 0.256 e. The van der Waals surface area contributed by atoms with E-state index >= 15 is 0 Å². The van der Waals surface area contributed by atoms with Gasteiger partial charge < -0.3 is 19.5 Å². The first-order valence-corrected chi connectivity index (χ1v) is 12.8. The predicted octanol–water partition coefficient (Wildman–Crippen LogP) is 3.94. The lowest BCUT2D eigenvalue weighted by molar-refractivity contribution is 0.0730. The van der Waals surface area contributed by atoms with E-state index < -0.39 is 10.0 Å². The van der Waals surface area contributed by atoms with Gasteiger partial charge in [0.05, 0.1) is 30.4 Å². The number of carbonyl (C=O) groups is 1. The van der Waals surface area contributed by atoms with Crippen molar-refractivity contribution in [3.63, 3.8) is 0 Å². The number of nitrogens with zero attached hydrogens (tertiary/aromatic N) is 1. The summed E-state index contributed by atoms with van der Waals surface area (Å²) in [4.78, 5) is 13.3. The topological polar surface area (TPSA) is 94.2 Å². The van der Waals surface area contributed by atoms with E-state index in [-0.39, 0.29) is 36.2 Å². The summed E-state index contributed by atoms with van der Waals surface area (Å²) in [6, 6.07) is 21.0. The van der Waals surface area contributed by atoms with E-state index in [4.69, 9.17) is 14.2 Å². The Morgan fingerprint density at radius 3 is 2.43 bits per heavy atom. The molecule has 0 saturated carbocycles. The average Bonchev–Trinajstić information content (AvgIpc) is 2.90. The van der Waals surface area contributed by atoms with Crippen molar-refractivity contribution in [2.24, 2.45) is 0 Å². The third-order valence-corrected chi connectivity index (χ3v) is 7.40. The van der Waals surface area contributed by atoms with Crippen molar-refractivity contribution in [1.29, 1.82) is 0 Å². The normalized spacial score (nSPS) is 14.3. The van der Waals surface area contributed by atoms with E-state index in [2.05, 4.69) is 5.32 Å². The van der Waals surface area contributed by atoms with Crippen LogP contribution >= 0.6 is 0 Å². The van der Waals surface area contributed by atoms with Gasteiger partial charge in [-0.05, 0) is 43.3 Å². The largest absolute Gasteiger partial charge is 0.492 e. The van der Waals surface area contributed by atoms with Gasteiger partial charge in [0.15, 0.2) is 0 Å². The highest BCUT2D eigenvalue weighted by Crippen LogP contribution is 2.30. The summed E-state index contributed by atoms with van der Waals surface area (Å²) >= 11 is 0. The number of ether oxygens (including phenoxy) is 3. The zero-order chi connectivity index (χ0) is 24.7. The molecule has 1 heterocycles. The molecule has 0 radical (unpaired) electrons. The van der Waals surface area contributed by atoms with E-state index in [1.165, 1.54) is 16.4 Å². The Kier molecular flexibility index (Phi) is 8.02. The summed E-state index contributed by atoms with van der Waals surface area (Å²) in [5.74, 6) is 0.696. The molecule has 1 aliphatic heterocycles. The van der Waals surface area contributed by atoms with Crippen molar-refractivity contribution in [1.82, 2.24) is 4.31 Å². The van der Waals surface area contributed by atoms with E-state index in [9.17, 15) is 13.2 Å². The minimum absolute atomic E-state index is 0.0823. The molecule has 0 aliphatic carbocycles. The Balaban J connectivity index is 1.58. The second kappa shape index (κ2) is 11.4. The summed E-state index contributed by atoms with van der Waals surface area (Å²) in [6.45, 7) is 3.65. The highest BCUT2D eigenvalue weighted by atomic mass is 32.2. The second-order valence-corrected chi connectivity index (χ2v) is 9.76. The number of anilines is 1. The lowest BCUT2D eigenvalue weighted by Gasteiger charge is -2.26. The van der Waals surface area contributed by atoms with Crippen LogP contribution in [0.4, 0.5) is 5.69 Å². The van der Waals surface area contributed by atoms with Crippen LogP contribution in [0, 0.1) is 0 Å². The standard InChI is InChI=1S/C26H28N2O6S/c1-2-33-25-13-12-22(35(30,31)28-14-16-32-17-15-28)18-24(25)27-26(29)23-11-7-6-8-20(23)19-34-21-9-4-3-5-10-21/h3-13,18H,2,14-17,19H2,1H3,(H,27,29). The molecule has 0 atom stereocenters. The molecule has 35 heavy (non-hydrogen) atoms. The number of morpholine rings is 1. The monoisotopic (exact) mass is 496 g/mol. The zero-order valence-electron chi connectivity index (χ0n) is 19.5. The van der Waals surface area contributed by atoms with Gasteiger partial charge in [0, 0.05) is 24.2 Å². The van der Waals surface area contributed by atoms with Crippen molar-refractivity contribution >= 4 is 21.6 Å². The molecule has 1 amide bonds. The number of para-hydroxylation sites is 1. The Morgan fingerprint density at radius 2 is 1.69 bits per heavy atom. The molecule has 3 aromatic rings. The van der Waals surface area contributed by atoms with Gasteiger partial charge in [-0.1, -0.05) is 36.4 Å². The first-order chi connectivity index (χ1) is 17.0. The molecule has 1 fully saturated rings. The van der Waals surface area contributed by atoms with E-state index in [0.717, 1.165) is 0 Å². The summed E-state index contributed by atoms with van der Waals surface area (Å²) in [7, 11) is -3.74. The summed E-state index contributed by atoms with van der Waals surface area (Å²) in [6.07, 6.45) is 0. The predicted molar refractivity (Wildman–Crippen MR) is 132 cm³/mol. The fraction of sp³-hybridized carbons (Fsp3) is 0.269. The summed E-state index contributed by atoms with van der Waals surface area (Å²) in [5, 5.41) is 2.84. The van der Waals surface area contributed by atoms with Crippen LogP contribution in [0.1, 0.15) is 22.8 Å². The number of benzene rings is 3. The molecule has 1 saturated heterocycles. The van der Waals surface area contributed by atoms with Crippen molar-refractivity contribution in [2.75, 3.05) is 38.2 Å². The second-order valence-electron chi connectivity index (χ2n) is 7.82. The number of amides is 1. The van der Waals surface area contributed by atoms with Crippen LogP contribution in [0.25, 0.3) is 0 Å². The van der Waals surface area contributed by atoms with E-state index in [1.54, 1.807) is 18.2 Å². The Hall–Kier alpha value is -3.40. The molecule has 184 valence electrons. The van der Waals surface area contributed by atoms with Crippen molar-refractivity contribution in [3.8, 4) is 11.5 Å². The Morgan fingerprint density at radius 1 is 0.971 bits per heavy atom. The van der Waals surface area contributed by atoms with Crippen LogP contribution in [0.2, 0.25) is 0 Å². The number of nitrogens with one attached hydrogen (secondary N) is 1. The smallest absolute Gasteiger partial charge is 0.256 e. The minimum Gasteiger partial charge on any atom is -0.492 e. The van der Waals surface area contributed by atoms with Crippen LogP contribution in [0.5, 0.6) is 11.5 Å². The molecule has 0 aromatic heterocycles. The van der Waals surface area contributed by atoms with Gasteiger partial charge in [-0.2, -0.15) is 4.31 Å². The molecule has 0 unspecified atom stereocenters. The summed E-state index contributed by atoms with van der Waals surface area (Å²) < 4.78 is 44.4. The molecule has 4 rings (SSSR count). The quantitative estimate of drug-likeness (QED) is 0.482. The fourth-order valence-corrected chi connectivity index (χ4v) is 5.15. The van der Waals surface area contributed by atoms with Crippen molar-refractivity contribution in [2.45, 2.75) is 18.4 Å².